The Bertz CT molecular complexity index is 925. The van der Waals surface area contributed by atoms with E-state index in [1.165, 1.54) is 0 Å². The lowest BCUT2D eigenvalue weighted by Crippen LogP contribution is -2.25. The van der Waals surface area contributed by atoms with Gasteiger partial charge >= 0.3 is 0 Å². The fraction of sp³-hybridized carbons (Fsp3) is 0.0909. The van der Waals surface area contributed by atoms with Crippen LogP contribution in [-0.2, 0) is 4.79 Å². The zero-order valence-electron chi connectivity index (χ0n) is 15.5. The molecule has 0 bridgehead atoms. The number of nitrogens with one attached hydrogen (secondary N) is 2. The van der Waals surface area contributed by atoms with E-state index in [0.29, 0.717) is 5.75 Å². The van der Waals surface area contributed by atoms with E-state index in [0.717, 1.165) is 22.7 Å². The molecule has 142 valence electrons. The van der Waals surface area contributed by atoms with E-state index in [-0.39, 0.29) is 12.5 Å². The number of benzene rings is 3. The van der Waals surface area contributed by atoms with Crippen molar-refractivity contribution in [2.75, 3.05) is 19.0 Å². The summed E-state index contributed by atoms with van der Waals surface area (Å²) in [5.74, 6) is 1.97. The predicted molar refractivity (Wildman–Crippen MR) is 110 cm³/mol. The Morgan fingerprint density at radius 2 is 1.68 bits per heavy atom. The van der Waals surface area contributed by atoms with Crippen LogP contribution in [-0.4, -0.2) is 25.8 Å². The third-order valence-corrected chi connectivity index (χ3v) is 3.78. The van der Waals surface area contributed by atoms with Crippen molar-refractivity contribution < 1.29 is 14.3 Å². The molecule has 3 aromatic carbocycles. The highest BCUT2D eigenvalue weighted by molar-refractivity contribution is 5.84. The van der Waals surface area contributed by atoms with Gasteiger partial charge < -0.3 is 14.8 Å². The van der Waals surface area contributed by atoms with Gasteiger partial charge in [-0.1, -0.05) is 30.3 Å². The highest BCUT2D eigenvalue weighted by atomic mass is 16.5. The number of hydrogen-bond acceptors (Lipinski definition) is 5. The molecule has 0 fully saturated rings. The van der Waals surface area contributed by atoms with Gasteiger partial charge in [0.15, 0.2) is 0 Å². The molecule has 0 spiro atoms. The summed E-state index contributed by atoms with van der Waals surface area (Å²) in [7, 11) is 1.61. The molecule has 6 nitrogen and oxygen atoms in total. The van der Waals surface area contributed by atoms with Crippen LogP contribution in [0.5, 0.6) is 17.2 Å². The Kier molecular flexibility index (Phi) is 6.62. The molecule has 6 heteroatoms. The number of para-hydroxylation sites is 1. The number of hydrazone groups is 1. The second-order valence-electron chi connectivity index (χ2n) is 5.86. The van der Waals surface area contributed by atoms with Crippen molar-refractivity contribution >= 4 is 17.8 Å². The van der Waals surface area contributed by atoms with Crippen LogP contribution < -0.4 is 20.2 Å². The van der Waals surface area contributed by atoms with E-state index in [2.05, 4.69) is 15.8 Å². The molecular formula is C22H21N3O3. The number of nitrogens with zero attached hydrogens (tertiary/aromatic N) is 1. The number of ether oxygens (including phenoxy) is 2. The molecule has 0 aliphatic heterocycles. The second kappa shape index (κ2) is 9.78. The molecule has 0 atom stereocenters. The summed E-state index contributed by atoms with van der Waals surface area (Å²) < 4.78 is 10.9. The highest BCUT2D eigenvalue weighted by Gasteiger charge is 2.01. The van der Waals surface area contributed by atoms with Crippen LogP contribution in [0.15, 0.2) is 84.0 Å². The zero-order chi connectivity index (χ0) is 19.6. The van der Waals surface area contributed by atoms with E-state index < -0.39 is 0 Å². The van der Waals surface area contributed by atoms with Crippen LogP contribution in [0, 0.1) is 0 Å². The number of carbonyl (C=O) groups excluding carboxylic acids is 1. The van der Waals surface area contributed by atoms with Crippen molar-refractivity contribution in [3.63, 3.8) is 0 Å². The van der Waals surface area contributed by atoms with Gasteiger partial charge in [0.25, 0.3) is 5.91 Å². The lowest BCUT2D eigenvalue weighted by molar-refractivity contribution is -0.119. The number of rotatable bonds is 8. The Morgan fingerprint density at radius 3 is 2.43 bits per heavy atom. The molecule has 0 radical (unpaired) electrons. The Labute approximate surface area is 163 Å². The largest absolute Gasteiger partial charge is 0.497 e. The molecule has 3 rings (SSSR count). The van der Waals surface area contributed by atoms with Gasteiger partial charge in [0.2, 0.25) is 0 Å². The Balaban J connectivity index is 1.48. The number of amides is 1. The van der Waals surface area contributed by atoms with Crippen LogP contribution in [0.25, 0.3) is 0 Å². The van der Waals surface area contributed by atoms with Crippen LogP contribution in [0.1, 0.15) is 5.56 Å². The van der Waals surface area contributed by atoms with Crippen LogP contribution in [0.2, 0.25) is 0 Å². The number of carbonyl (C=O) groups is 1. The maximum Gasteiger partial charge on any atom is 0.259 e. The molecule has 3 aromatic rings. The summed E-state index contributed by atoms with van der Waals surface area (Å²) in [6, 6.07) is 24.3. The Hall–Kier alpha value is -3.80. The molecule has 1 amide bonds. The summed E-state index contributed by atoms with van der Waals surface area (Å²) in [5.41, 5.74) is 4.14. The molecule has 0 aromatic heterocycles. The first-order valence-corrected chi connectivity index (χ1v) is 8.76. The smallest absolute Gasteiger partial charge is 0.259 e. The third kappa shape index (κ3) is 5.88. The molecular weight excluding hydrogens is 354 g/mol. The van der Waals surface area contributed by atoms with Crippen molar-refractivity contribution in [3.8, 4) is 17.2 Å². The van der Waals surface area contributed by atoms with E-state index >= 15 is 0 Å². The molecule has 0 aliphatic carbocycles. The Morgan fingerprint density at radius 1 is 0.929 bits per heavy atom. The van der Waals surface area contributed by atoms with Crippen LogP contribution in [0.4, 0.5) is 5.69 Å². The standard InChI is InChI=1S/C22H21N3O3/c1-27-19-12-10-18(11-13-19)23-16-22(26)25-24-15-17-6-5-9-21(14-17)28-20-7-3-2-4-8-20/h2-15,23H,16H2,1H3,(H,25,26)/b24-15-. The highest BCUT2D eigenvalue weighted by Crippen LogP contribution is 2.21. The van der Waals surface area contributed by atoms with Gasteiger partial charge in [-0.25, -0.2) is 5.43 Å². The SMILES string of the molecule is COc1ccc(NCC(=O)N/N=C\c2cccc(Oc3ccccc3)c2)cc1. The fourth-order valence-electron chi connectivity index (χ4n) is 2.39. The van der Waals surface area contributed by atoms with Crippen molar-refractivity contribution in [3.05, 3.63) is 84.4 Å². The van der Waals surface area contributed by atoms with Crippen LogP contribution >= 0.6 is 0 Å². The van der Waals surface area contributed by atoms with E-state index in [1.807, 2.05) is 78.9 Å². The normalized spacial score (nSPS) is 10.5. The molecule has 0 saturated heterocycles. The lowest BCUT2D eigenvalue weighted by Gasteiger charge is -2.06. The van der Waals surface area contributed by atoms with Crippen molar-refractivity contribution in [2.45, 2.75) is 0 Å². The molecule has 0 heterocycles. The number of hydrogen-bond donors (Lipinski definition) is 2. The number of anilines is 1. The average molecular weight is 375 g/mol. The number of methoxy groups -OCH3 is 1. The predicted octanol–water partition coefficient (Wildman–Crippen LogP) is 4.05. The minimum absolute atomic E-state index is 0.112. The monoisotopic (exact) mass is 375 g/mol. The summed E-state index contributed by atoms with van der Waals surface area (Å²) in [6.45, 7) is 0.112. The minimum atomic E-state index is -0.247. The summed E-state index contributed by atoms with van der Waals surface area (Å²) >= 11 is 0. The minimum Gasteiger partial charge on any atom is -0.497 e. The quantitative estimate of drug-likeness (QED) is 0.460. The van der Waals surface area contributed by atoms with Crippen molar-refractivity contribution in [1.82, 2.24) is 5.43 Å². The summed E-state index contributed by atoms with van der Waals surface area (Å²) in [5, 5.41) is 7.01. The molecule has 0 saturated carbocycles. The van der Waals surface area contributed by atoms with Gasteiger partial charge in [0.05, 0.1) is 19.9 Å². The van der Waals surface area contributed by atoms with Crippen LogP contribution in [0.3, 0.4) is 0 Å². The second-order valence-corrected chi connectivity index (χ2v) is 5.86. The fourth-order valence-corrected chi connectivity index (χ4v) is 2.39. The van der Waals surface area contributed by atoms with E-state index in [1.54, 1.807) is 13.3 Å². The topological polar surface area (TPSA) is 72.0 Å². The lowest BCUT2D eigenvalue weighted by atomic mass is 10.2. The summed E-state index contributed by atoms with van der Waals surface area (Å²) in [4.78, 5) is 11.9. The molecule has 0 aliphatic rings. The average Bonchev–Trinajstić information content (AvgIpc) is 2.74. The van der Waals surface area contributed by atoms with Gasteiger partial charge in [-0.3, -0.25) is 4.79 Å². The first kappa shape index (κ1) is 19.0. The maximum absolute atomic E-state index is 11.9. The van der Waals surface area contributed by atoms with Gasteiger partial charge in [0.1, 0.15) is 17.2 Å². The van der Waals surface area contributed by atoms with Gasteiger partial charge in [0, 0.05) is 5.69 Å². The van der Waals surface area contributed by atoms with Gasteiger partial charge in [-0.05, 0) is 54.1 Å². The van der Waals surface area contributed by atoms with E-state index in [4.69, 9.17) is 9.47 Å². The van der Waals surface area contributed by atoms with E-state index in [9.17, 15) is 4.79 Å². The van der Waals surface area contributed by atoms with Gasteiger partial charge in [-0.2, -0.15) is 5.10 Å². The van der Waals surface area contributed by atoms with Crippen molar-refractivity contribution in [2.24, 2.45) is 5.10 Å². The maximum atomic E-state index is 11.9. The summed E-state index contributed by atoms with van der Waals surface area (Å²) in [6.07, 6.45) is 1.57. The molecule has 0 unspecified atom stereocenters. The third-order valence-electron chi connectivity index (χ3n) is 3.78. The molecule has 28 heavy (non-hydrogen) atoms. The van der Waals surface area contributed by atoms with Gasteiger partial charge in [-0.15, -0.1) is 0 Å². The zero-order valence-corrected chi connectivity index (χ0v) is 15.5. The molecule has 2 N–H and O–H groups in total. The first-order chi connectivity index (χ1) is 13.7. The van der Waals surface area contributed by atoms with Crippen molar-refractivity contribution in [1.29, 1.82) is 0 Å². The first-order valence-electron chi connectivity index (χ1n) is 8.76.